The molecule has 4 heterocycles. The highest BCUT2D eigenvalue weighted by molar-refractivity contribution is 7.15. The van der Waals surface area contributed by atoms with Crippen molar-refractivity contribution in [2.45, 2.75) is 45.4 Å². The zero-order chi connectivity index (χ0) is 32.2. The van der Waals surface area contributed by atoms with Gasteiger partial charge in [-0.15, -0.1) is 17.9 Å². The van der Waals surface area contributed by atoms with Gasteiger partial charge >= 0.3 is 0 Å². The number of rotatable bonds is 5. The van der Waals surface area contributed by atoms with Crippen molar-refractivity contribution >= 4 is 36.0 Å². The smallest absolute Gasteiger partial charge is 0.222 e. The molecule has 0 amide bonds. The summed E-state index contributed by atoms with van der Waals surface area (Å²) >= 11 is 7.48. The maximum absolute atomic E-state index is 14.6. The number of benzene rings is 1. The number of phenolic OH excluding ortho intramolecular Hbond substituents is 1. The molecular formula is C31H44ClFN6O3S. The van der Waals surface area contributed by atoms with Crippen molar-refractivity contribution in [3.05, 3.63) is 59.2 Å². The summed E-state index contributed by atoms with van der Waals surface area (Å²) in [5.74, 6) is -0.403. The number of nitrogens with two attached hydrogens (primary N) is 1. The number of hydrogen-bond acceptors (Lipinski definition) is 10. The number of phenols is 1. The van der Waals surface area contributed by atoms with Gasteiger partial charge in [-0.2, -0.15) is 0 Å². The Balaban J connectivity index is 0.000000479. The zero-order valence-electron chi connectivity index (χ0n) is 25.3. The van der Waals surface area contributed by atoms with E-state index in [4.69, 9.17) is 27.1 Å². The van der Waals surface area contributed by atoms with Gasteiger partial charge in [0.1, 0.15) is 13.1 Å². The van der Waals surface area contributed by atoms with Crippen molar-refractivity contribution in [3.8, 4) is 27.6 Å². The van der Waals surface area contributed by atoms with Crippen LogP contribution in [-0.2, 0) is 9.59 Å². The number of aldehydes is 1. The molecule has 3 aromatic rings. The molecule has 2 fully saturated rings. The minimum atomic E-state index is -0.681. The number of halogens is 2. The molecule has 236 valence electrons. The van der Waals surface area contributed by atoms with Crippen molar-refractivity contribution in [2.75, 3.05) is 39.8 Å². The van der Waals surface area contributed by atoms with E-state index < -0.39 is 11.6 Å². The third kappa shape index (κ3) is 12.2. The van der Waals surface area contributed by atoms with E-state index in [2.05, 4.69) is 33.8 Å². The quantitative estimate of drug-likeness (QED) is 0.183. The van der Waals surface area contributed by atoms with Gasteiger partial charge in [-0.1, -0.05) is 26.0 Å². The molecule has 0 radical (unpaired) electrons. The first-order valence-electron chi connectivity index (χ1n) is 14.3. The first-order valence-corrected chi connectivity index (χ1v) is 15.5. The fourth-order valence-electron chi connectivity index (χ4n) is 4.27. The highest BCUT2D eigenvalue weighted by atomic mass is 35.5. The highest BCUT2D eigenvalue weighted by Gasteiger charge is 2.26. The first-order chi connectivity index (χ1) is 20.9. The molecule has 0 atom stereocenters. The Kier molecular flexibility index (Phi) is 19.0. The summed E-state index contributed by atoms with van der Waals surface area (Å²) in [6.07, 6.45) is 8.38. The summed E-state index contributed by atoms with van der Waals surface area (Å²) < 4.78 is 14.6. The SMILES string of the molecule is C=CCN.C=O.CC.CN1CCC(c2nc(-c3cccc(O)c3F)c(-c3ccnc(Cl)n3)s2)CC1.O=CC1CCNCC1. The Hall–Kier alpha value is -3.09. The highest BCUT2D eigenvalue weighted by Crippen LogP contribution is 2.42. The van der Waals surface area contributed by atoms with E-state index in [-0.39, 0.29) is 10.8 Å². The Morgan fingerprint density at radius 1 is 1.16 bits per heavy atom. The number of carbonyl (C=O) groups is 2. The predicted molar refractivity (Wildman–Crippen MR) is 174 cm³/mol. The van der Waals surface area contributed by atoms with Crippen LogP contribution in [0.1, 0.15) is 50.5 Å². The number of thiazole rings is 1. The van der Waals surface area contributed by atoms with Gasteiger partial charge in [-0.3, -0.25) is 0 Å². The average molecular weight is 635 g/mol. The zero-order valence-corrected chi connectivity index (χ0v) is 26.8. The summed E-state index contributed by atoms with van der Waals surface area (Å²) in [4.78, 5) is 34.2. The third-order valence-electron chi connectivity index (χ3n) is 6.55. The number of nitrogens with zero attached hydrogens (tertiary/aromatic N) is 4. The minimum Gasteiger partial charge on any atom is -0.505 e. The monoisotopic (exact) mass is 634 g/mol. The van der Waals surface area contributed by atoms with E-state index in [9.17, 15) is 14.3 Å². The largest absolute Gasteiger partial charge is 0.505 e. The van der Waals surface area contributed by atoms with Crippen LogP contribution < -0.4 is 11.1 Å². The molecule has 0 spiro atoms. The number of nitrogens with one attached hydrogen (secondary N) is 1. The second kappa shape index (κ2) is 21.6. The lowest BCUT2D eigenvalue weighted by molar-refractivity contribution is -0.111. The van der Waals surface area contributed by atoms with Gasteiger partial charge < -0.3 is 30.6 Å². The second-order valence-corrected chi connectivity index (χ2v) is 10.8. The molecular weight excluding hydrogens is 591 g/mol. The van der Waals surface area contributed by atoms with Crippen LogP contribution in [0.3, 0.4) is 0 Å². The van der Waals surface area contributed by atoms with Crippen LogP contribution in [0.5, 0.6) is 5.75 Å². The van der Waals surface area contributed by atoms with E-state index >= 15 is 0 Å². The van der Waals surface area contributed by atoms with Crippen molar-refractivity contribution in [1.29, 1.82) is 0 Å². The lowest BCUT2D eigenvalue weighted by atomic mass is 9.98. The topological polar surface area (TPSA) is 134 Å². The molecule has 43 heavy (non-hydrogen) atoms. The number of piperidine rings is 2. The maximum atomic E-state index is 14.6. The number of aromatic hydroxyl groups is 1. The summed E-state index contributed by atoms with van der Waals surface area (Å²) in [6.45, 7) is 14.0. The fraction of sp³-hybridized carbons (Fsp3) is 0.452. The maximum Gasteiger partial charge on any atom is 0.222 e. The van der Waals surface area contributed by atoms with E-state index in [0.717, 1.165) is 68.0 Å². The van der Waals surface area contributed by atoms with Gasteiger partial charge in [0.25, 0.3) is 0 Å². The van der Waals surface area contributed by atoms with Crippen LogP contribution >= 0.6 is 22.9 Å². The van der Waals surface area contributed by atoms with E-state index in [1.807, 2.05) is 20.6 Å². The van der Waals surface area contributed by atoms with Gasteiger partial charge in [0.15, 0.2) is 11.6 Å². The van der Waals surface area contributed by atoms with Gasteiger partial charge in [0.05, 0.1) is 21.3 Å². The Labute approximate surface area is 263 Å². The minimum absolute atomic E-state index is 0.129. The summed E-state index contributed by atoms with van der Waals surface area (Å²) in [7, 11) is 2.11. The van der Waals surface area contributed by atoms with Crippen molar-refractivity contribution in [2.24, 2.45) is 11.7 Å². The van der Waals surface area contributed by atoms with Crippen LogP contribution in [0.25, 0.3) is 21.8 Å². The van der Waals surface area contributed by atoms with Crippen LogP contribution in [0.4, 0.5) is 4.39 Å². The van der Waals surface area contributed by atoms with Gasteiger partial charge in [-0.05, 0) is 88.7 Å². The van der Waals surface area contributed by atoms with E-state index in [1.165, 1.54) is 17.4 Å². The molecule has 2 aliphatic heterocycles. The standard InChI is InChI=1S/C19H18ClFN4OS.C6H11NO.C3H7N.C2H6.CH2O/c1-25-9-6-11(7-10-25)18-24-16(12-3-2-4-14(26)15(12)21)17(27-18)13-5-8-22-19(20)23-13;8-5-6-1-3-7-4-2-6;1-2-3-4;2*1-2/h2-5,8,11,26H,6-7,9-10H2,1H3;5-7H,1-4H2;2H,1,3-4H2;1-2H3;1H2. The molecule has 0 unspecified atom stereocenters. The van der Waals surface area contributed by atoms with Gasteiger partial charge in [0.2, 0.25) is 5.28 Å². The molecule has 2 aromatic heterocycles. The number of carbonyl (C=O) groups excluding carboxylic acids is 2. The normalized spacial score (nSPS) is 15.1. The van der Waals surface area contributed by atoms with Crippen molar-refractivity contribution in [1.82, 2.24) is 25.2 Å². The van der Waals surface area contributed by atoms with Crippen LogP contribution in [0, 0.1) is 11.7 Å². The van der Waals surface area contributed by atoms with Gasteiger partial charge in [0, 0.05) is 30.1 Å². The summed E-state index contributed by atoms with van der Waals surface area (Å²) in [6, 6.07) is 6.29. The Morgan fingerprint density at radius 3 is 2.33 bits per heavy atom. The molecule has 2 saturated heterocycles. The molecule has 0 bridgehead atoms. The average Bonchev–Trinajstić information content (AvgIpc) is 3.51. The number of hydrogen-bond donors (Lipinski definition) is 3. The predicted octanol–water partition coefficient (Wildman–Crippen LogP) is 5.73. The number of aromatic nitrogens is 3. The number of likely N-dealkylation sites (tertiary alicyclic amines) is 1. The molecule has 5 rings (SSSR count). The molecule has 12 heteroatoms. The Bertz CT molecular complexity index is 1230. The fourth-order valence-corrected chi connectivity index (χ4v) is 5.63. The Morgan fingerprint density at radius 2 is 1.79 bits per heavy atom. The lowest BCUT2D eigenvalue weighted by Gasteiger charge is -2.27. The first kappa shape index (κ1) is 37.9. The third-order valence-corrected chi connectivity index (χ3v) is 7.97. The van der Waals surface area contributed by atoms with Crippen molar-refractivity contribution in [3.63, 3.8) is 0 Å². The second-order valence-electron chi connectivity index (χ2n) is 9.40. The molecule has 4 N–H and O–H groups in total. The van der Waals surface area contributed by atoms with Crippen LogP contribution in [0.2, 0.25) is 5.28 Å². The van der Waals surface area contributed by atoms with Gasteiger partial charge in [-0.25, -0.2) is 19.3 Å². The lowest BCUT2D eigenvalue weighted by Crippen LogP contribution is -2.29. The molecule has 9 nitrogen and oxygen atoms in total. The summed E-state index contributed by atoms with van der Waals surface area (Å²) in [5.41, 5.74) is 6.25. The van der Waals surface area contributed by atoms with Crippen LogP contribution in [0.15, 0.2) is 43.1 Å². The van der Waals surface area contributed by atoms with E-state index in [1.54, 1.807) is 30.5 Å². The van der Waals surface area contributed by atoms with Crippen molar-refractivity contribution < 1.29 is 19.1 Å². The summed E-state index contributed by atoms with van der Waals surface area (Å²) in [5, 5.41) is 14.1. The molecule has 2 aliphatic rings. The van der Waals surface area contributed by atoms with Crippen LogP contribution in [-0.4, -0.2) is 77.8 Å². The molecule has 0 aliphatic carbocycles. The molecule has 1 aromatic carbocycles. The molecule has 0 saturated carbocycles. The van der Waals surface area contributed by atoms with E-state index in [0.29, 0.717) is 29.8 Å².